The Kier molecular flexibility index (Phi) is 4.56. The summed E-state index contributed by atoms with van der Waals surface area (Å²) in [5, 5.41) is -0.152. The number of hydrogen-bond acceptors (Lipinski definition) is 0. The van der Waals surface area contributed by atoms with E-state index in [1.165, 1.54) is 12.1 Å². The molecule has 0 spiro atoms. The van der Waals surface area contributed by atoms with E-state index in [2.05, 4.69) is 6.07 Å². The van der Waals surface area contributed by atoms with Gasteiger partial charge in [-0.05, 0) is 58.0 Å². The Balaban J connectivity index is 1.88. The van der Waals surface area contributed by atoms with Crippen LogP contribution in [0, 0.1) is 0 Å². The highest BCUT2D eigenvalue weighted by atomic mass is 35.5. The maximum Gasteiger partial charge on any atom is 0.416 e. The van der Waals surface area contributed by atoms with Gasteiger partial charge in [-0.2, -0.15) is 13.2 Å². The molecule has 0 heterocycles. The standard InChI is InChI=1S/C23H16ClF3/c24-22-14-16-5-1-2-6-18(16)21(19-7-3-4-8-20(19)22)13-15-9-11-17(12-10-15)23(25,26)27/h1-13,22H,14H2. The molecule has 0 fully saturated rings. The van der Waals surface area contributed by atoms with Crippen molar-refractivity contribution in [3.05, 3.63) is 106 Å². The van der Waals surface area contributed by atoms with Crippen molar-refractivity contribution < 1.29 is 13.2 Å². The molecule has 3 aromatic carbocycles. The van der Waals surface area contributed by atoms with Crippen LogP contribution in [-0.4, -0.2) is 0 Å². The highest BCUT2D eigenvalue weighted by molar-refractivity contribution is 6.21. The summed E-state index contributed by atoms with van der Waals surface area (Å²) in [6, 6.07) is 21.2. The van der Waals surface area contributed by atoms with Crippen molar-refractivity contribution in [1.82, 2.24) is 0 Å². The topological polar surface area (TPSA) is 0 Å². The van der Waals surface area contributed by atoms with Gasteiger partial charge in [-0.3, -0.25) is 0 Å². The zero-order chi connectivity index (χ0) is 19.0. The van der Waals surface area contributed by atoms with Crippen LogP contribution in [0.3, 0.4) is 0 Å². The van der Waals surface area contributed by atoms with Crippen LogP contribution in [0.5, 0.6) is 0 Å². The Bertz CT molecular complexity index is 1000. The molecule has 27 heavy (non-hydrogen) atoms. The van der Waals surface area contributed by atoms with Crippen molar-refractivity contribution in [3.63, 3.8) is 0 Å². The summed E-state index contributed by atoms with van der Waals surface area (Å²) in [4.78, 5) is 0. The normalized spacial score (nSPS) is 17.9. The van der Waals surface area contributed by atoms with E-state index >= 15 is 0 Å². The lowest BCUT2D eigenvalue weighted by molar-refractivity contribution is -0.137. The minimum atomic E-state index is -4.33. The maximum atomic E-state index is 12.8. The fourth-order valence-electron chi connectivity index (χ4n) is 3.52. The third kappa shape index (κ3) is 3.52. The second kappa shape index (κ2) is 6.90. The van der Waals surface area contributed by atoms with Crippen molar-refractivity contribution in [2.24, 2.45) is 0 Å². The minimum Gasteiger partial charge on any atom is -0.166 e. The van der Waals surface area contributed by atoms with E-state index in [4.69, 9.17) is 11.6 Å². The average molecular weight is 385 g/mol. The molecule has 0 radical (unpaired) electrons. The lowest BCUT2D eigenvalue weighted by Gasteiger charge is -2.13. The molecule has 0 nitrogen and oxygen atoms in total. The molecule has 0 saturated carbocycles. The molecule has 4 rings (SSSR count). The van der Waals surface area contributed by atoms with Gasteiger partial charge in [0, 0.05) is 0 Å². The number of hydrogen-bond donors (Lipinski definition) is 0. The van der Waals surface area contributed by atoms with Crippen LogP contribution in [0.1, 0.15) is 38.8 Å². The van der Waals surface area contributed by atoms with Crippen LogP contribution < -0.4 is 0 Å². The molecule has 136 valence electrons. The average Bonchev–Trinajstić information content (AvgIpc) is 2.77. The van der Waals surface area contributed by atoms with Crippen LogP contribution in [0.4, 0.5) is 13.2 Å². The van der Waals surface area contributed by atoms with E-state index in [9.17, 15) is 13.2 Å². The van der Waals surface area contributed by atoms with E-state index in [1.807, 2.05) is 48.5 Å². The third-order valence-corrected chi connectivity index (χ3v) is 5.23. The number of benzene rings is 3. The van der Waals surface area contributed by atoms with Crippen molar-refractivity contribution in [2.45, 2.75) is 18.0 Å². The molecular weight excluding hydrogens is 369 g/mol. The largest absolute Gasteiger partial charge is 0.416 e. The van der Waals surface area contributed by atoms with E-state index in [0.717, 1.165) is 45.5 Å². The van der Waals surface area contributed by atoms with Crippen molar-refractivity contribution in [2.75, 3.05) is 0 Å². The summed E-state index contributed by atoms with van der Waals surface area (Å²) in [6.45, 7) is 0. The zero-order valence-corrected chi connectivity index (χ0v) is 15.1. The first-order valence-corrected chi connectivity index (χ1v) is 9.08. The summed E-state index contributed by atoms with van der Waals surface area (Å²) in [7, 11) is 0. The van der Waals surface area contributed by atoms with Crippen LogP contribution in [0.15, 0.2) is 72.8 Å². The molecule has 0 amide bonds. The molecule has 1 atom stereocenters. The first kappa shape index (κ1) is 17.9. The zero-order valence-electron chi connectivity index (χ0n) is 14.3. The molecule has 0 aromatic heterocycles. The second-order valence-electron chi connectivity index (χ2n) is 6.59. The molecule has 1 aliphatic carbocycles. The summed E-state index contributed by atoms with van der Waals surface area (Å²) in [6.07, 6.45) is -1.69. The number of rotatable bonds is 1. The highest BCUT2D eigenvalue weighted by Crippen LogP contribution is 2.41. The molecule has 0 N–H and O–H groups in total. The molecular formula is C23H16ClF3. The maximum absolute atomic E-state index is 12.8. The fourth-order valence-corrected chi connectivity index (χ4v) is 3.87. The predicted molar refractivity (Wildman–Crippen MR) is 104 cm³/mol. The van der Waals surface area contributed by atoms with Crippen molar-refractivity contribution >= 4 is 23.3 Å². The van der Waals surface area contributed by atoms with Crippen molar-refractivity contribution in [3.8, 4) is 0 Å². The number of fused-ring (bicyclic) bond motifs is 2. The van der Waals surface area contributed by atoms with Crippen LogP contribution in [0.2, 0.25) is 0 Å². The van der Waals surface area contributed by atoms with Gasteiger partial charge in [0.1, 0.15) is 0 Å². The molecule has 4 heteroatoms. The van der Waals surface area contributed by atoms with Gasteiger partial charge >= 0.3 is 6.18 Å². The first-order valence-electron chi connectivity index (χ1n) is 8.64. The summed E-state index contributed by atoms with van der Waals surface area (Å²) in [5.74, 6) is 0. The van der Waals surface area contributed by atoms with Crippen LogP contribution >= 0.6 is 11.6 Å². The molecule has 1 aliphatic rings. The van der Waals surface area contributed by atoms with Crippen LogP contribution in [0.25, 0.3) is 11.6 Å². The second-order valence-corrected chi connectivity index (χ2v) is 7.12. The third-order valence-electron chi connectivity index (χ3n) is 4.84. The Labute approximate surface area is 160 Å². The fraction of sp³-hybridized carbons (Fsp3) is 0.130. The van der Waals surface area contributed by atoms with Gasteiger partial charge in [-0.15, -0.1) is 11.6 Å². The predicted octanol–water partition coefficient (Wildman–Crippen LogP) is 7.13. The molecule has 1 unspecified atom stereocenters. The van der Waals surface area contributed by atoms with Gasteiger partial charge in [-0.1, -0.05) is 60.7 Å². The summed E-state index contributed by atoms with van der Waals surface area (Å²) >= 11 is 6.67. The van der Waals surface area contributed by atoms with Crippen molar-refractivity contribution in [1.29, 1.82) is 0 Å². The smallest absolute Gasteiger partial charge is 0.166 e. The highest BCUT2D eigenvalue weighted by Gasteiger charge is 2.30. The van der Waals surface area contributed by atoms with E-state index in [-0.39, 0.29) is 5.38 Å². The lowest BCUT2D eigenvalue weighted by Crippen LogP contribution is -2.04. The lowest BCUT2D eigenvalue weighted by atomic mass is 9.92. The van der Waals surface area contributed by atoms with Crippen LogP contribution in [-0.2, 0) is 12.6 Å². The quantitative estimate of drug-likeness (QED) is 0.391. The monoisotopic (exact) mass is 384 g/mol. The van der Waals surface area contributed by atoms with Gasteiger partial charge in [0.2, 0.25) is 0 Å². The Morgan fingerprint density at radius 2 is 1.44 bits per heavy atom. The van der Waals surface area contributed by atoms with Gasteiger partial charge in [-0.25, -0.2) is 0 Å². The summed E-state index contributed by atoms with van der Waals surface area (Å²) < 4.78 is 38.5. The molecule has 3 aromatic rings. The van der Waals surface area contributed by atoms with E-state index in [1.54, 1.807) is 0 Å². The SMILES string of the molecule is FC(F)(F)c1ccc(C=C2c3ccccc3CC(Cl)c3ccccc32)cc1. The van der Waals surface area contributed by atoms with E-state index in [0.29, 0.717) is 6.42 Å². The van der Waals surface area contributed by atoms with Gasteiger partial charge in [0.05, 0.1) is 10.9 Å². The molecule has 0 aliphatic heterocycles. The number of alkyl halides is 4. The Hall–Kier alpha value is -2.52. The Morgan fingerprint density at radius 3 is 2.15 bits per heavy atom. The summed E-state index contributed by atoms with van der Waals surface area (Å²) in [5.41, 5.74) is 5.29. The molecule has 0 bridgehead atoms. The Morgan fingerprint density at radius 1 is 0.815 bits per heavy atom. The van der Waals surface area contributed by atoms with E-state index < -0.39 is 11.7 Å². The molecule has 0 saturated heterocycles. The number of halogens is 4. The van der Waals surface area contributed by atoms with Gasteiger partial charge < -0.3 is 0 Å². The first-order chi connectivity index (χ1) is 12.9. The van der Waals surface area contributed by atoms with Gasteiger partial charge in [0.15, 0.2) is 0 Å². The minimum absolute atomic E-state index is 0.152. The van der Waals surface area contributed by atoms with Gasteiger partial charge in [0.25, 0.3) is 0 Å².